The Balaban J connectivity index is 2.61. The van der Waals surface area contributed by atoms with E-state index >= 15 is 0 Å². The Morgan fingerprint density at radius 3 is 3.00 bits per heavy atom. The van der Waals surface area contributed by atoms with Gasteiger partial charge in [-0.25, -0.2) is 0 Å². The molecule has 0 saturated heterocycles. The van der Waals surface area contributed by atoms with Crippen LogP contribution in [0.1, 0.15) is 0 Å². The van der Waals surface area contributed by atoms with Gasteiger partial charge >= 0.3 is 38.1 Å². The van der Waals surface area contributed by atoms with E-state index in [4.69, 9.17) is 0 Å². The standard InChI is InChI=1S/C3H4AsB/c1-2-5-3-4-1/h2-3H,1H2. The summed E-state index contributed by atoms with van der Waals surface area (Å²) < 4.78 is 2.27. The maximum absolute atomic E-state index is 2.27. The summed E-state index contributed by atoms with van der Waals surface area (Å²) in [7, 11) is 0. The molecular formula is C3H4AsB. The fourth-order valence-electron chi connectivity index (χ4n) is 0.304. The van der Waals surface area contributed by atoms with Gasteiger partial charge in [-0.2, -0.15) is 0 Å². The first-order chi connectivity index (χ1) is 2.50. The predicted octanol–water partition coefficient (Wildman–Crippen LogP) is -0.611. The summed E-state index contributed by atoms with van der Waals surface area (Å²) >= 11 is 0.618. The van der Waals surface area contributed by atoms with E-state index in [0.717, 1.165) is 0 Å². The maximum atomic E-state index is 2.27. The molecule has 0 amide bonds. The van der Waals surface area contributed by atoms with Gasteiger partial charge in [-0.1, -0.05) is 0 Å². The average molecular weight is 126 g/mol. The predicted molar refractivity (Wildman–Crippen MR) is 28.4 cm³/mol. The van der Waals surface area contributed by atoms with Crippen LogP contribution in [-0.2, 0) is 0 Å². The van der Waals surface area contributed by atoms with Gasteiger partial charge in [0, 0.05) is 0 Å². The second kappa shape index (κ2) is 1.72. The molecule has 1 aliphatic rings. The zero-order valence-corrected chi connectivity index (χ0v) is 4.76. The Morgan fingerprint density at radius 2 is 2.80 bits per heavy atom. The van der Waals surface area contributed by atoms with Crippen LogP contribution in [0.15, 0.2) is 0 Å². The van der Waals surface area contributed by atoms with Crippen LogP contribution >= 0.6 is 0 Å². The zero-order valence-electron chi connectivity index (χ0n) is 2.89. The molecular weight excluding hydrogens is 122 g/mol. The van der Waals surface area contributed by atoms with Crippen LogP contribution in [0.3, 0.4) is 0 Å². The molecule has 0 saturated carbocycles. The second-order valence-electron chi connectivity index (χ2n) is 0.942. The summed E-state index contributed by atoms with van der Waals surface area (Å²) in [6.07, 6.45) is 0. The number of hydrogen-bond donors (Lipinski definition) is 0. The Hall–Kier alpha value is 0.363. The minimum absolute atomic E-state index is 0.618. The van der Waals surface area contributed by atoms with Crippen LogP contribution in [0.2, 0.25) is 5.21 Å². The van der Waals surface area contributed by atoms with Gasteiger partial charge in [-0.3, -0.25) is 0 Å². The minimum atomic E-state index is 0.618. The van der Waals surface area contributed by atoms with Gasteiger partial charge in [0.25, 0.3) is 0 Å². The molecule has 0 aromatic rings. The molecule has 1 aliphatic heterocycles. The van der Waals surface area contributed by atoms with Crippen LogP contribution in [-0.4, -0.2) is 32.9 Å². The van der Waals surface area contributed by atoms with E-state index < -0.39 is 0 Å². The van der Waals surface area contributed by atoms with E-state index in [1.807, 2.05) is 0 Å². The summed E-state index contributed by atoms with van der Waals surface area (Å²) in [6, 6.07) is 0. The van der Waals surface area contributed by atoms with Crippen molar-refractivity contribution in [1.82, 2.24) is 0 Å². The van der Waals surface area contributed by atoms with Crippen molar-refractivity contribution in [2.45, 2.75) is 5.21 Å². The first-order valence-corrected chi connectivity index (χ1v) is 4.06. The monoisotopic (exact) mass is 126 g/mol. The molecule has 0 aromatic carbocycles. The molecule has 0 fully saturated rings. The van der Waals surface area contributed by atoms with Crippen molar-refractivity contribution < 1.29 is 0 Å². The summed E-state index contributed by atoms with van der Waals surface area (Å²) in [4.78, 5) is 0. The molecule has 5 heavy (non-hydrogen) atoms. The third kappa shape index (κ3) is 0.847. The van der Waals surface area contributed by atoms with Gasteiger partial charge < -0.3 is 0 Å². The van der Waals surface area contributed by atoms with Crippen LogP contribution in [0, 0.1) is 0 Å². The Labute approximate surface area is 38.7 Å². The molecule has 1 heterocycles. The quantitative estimate of drug-likeness (QED) is 0.379. The Morgan fingerprint density at radius 1 is 1.80 bits per heavy atom. The third-order valence-electron chi connectivity index (χ3n) is 0.538. The molecule has 0 aromatic heterocycles. The van der Waals surface area contributed by atoms with Crippen LogP contribution in [0.25, 0.3) is 0 Å². The van der Waals surface area contributed by atoms with Crippen LogP contribution < -0.4 is 0 Å². The van der Waals surface area contributed by atoms with E-state index in [1.165, 1.54) is 5.21 Å². The molecule has 0 aliphatic carbocycles. The summed E-state index contributed by atoms with van der Waals surface area (Å²) in [5.41, 5.74) is 0. The first-order valence-electron chi connectivity index (χ1n) is 1.65. The van der Waals surface area contributed by atoms with E-state index in [-0.39, 0.29) is 0 Å². The van der Waals surface area contributed by atoms with E-state index in [1.54, 1.807) is 0 Å². The van der Waals surface area contributed by atoms with Gasteiger partial charge in [0.2, 0.25) is 0 Å². The molecule has 0 unspecified atom stereocenters. The molecule has 0 radical (unpaired) electrons. The first kappa shape index (κ1) is 3.55. The Bertz CT molecular complexity index is 65.0. The van der Waals surface area contributed by atoms with Crippen molar-refractivity contribution >= 4 is 32.9 Å². The molecule has 0 bridgehead atoms. The fraction of sp³-hybridized carbons (Fsp3) is 0.333. The van der Waals surface area contributed by atoms with Crippen LogP contribution in [0.5, 0.6) is 0 Å². The van der Waals surface area contributed by atoms with Crippen molar-refractivity contribution in [3.63, 3.8) is 0 Å². The fourth-order valence-corrected chi connectivity index (χ4v) is 1.58. The summed E-state index contributed by atoms with van der Waals surface area (Å²) in [6.45, 7) is 2.15. The summed E-state index contributed by atoms with van der Waals surface area (Å²) in [5.74, 6) is 2.22. The van der Waals surface area contributed by atoms with Crippen molar-refractivity contribution in [2.24, 2.45) is 0 Å². The van der Waals surface area contributed by atoms with E-state index in [0.29, 0.717) is 15.3 Å². The normalized spacial score (nSPS) is 19.2. The van der Waals surface area contributed by atoms with Crippen molar-refractivity contribution in [1.29, 1.82) is 0 Å². The molecule has 1 rings (SSSR count). The molecule has 0 nitrogen and oxygen atoms in total. The van der Waals surface area contributed by atoms with Crippen molar-refractivity contribution in [2.75, 3.05) is 0 Å². The van der Waals surface area contributed by atoms with Gasteiger partial charge in [0.1, 0.15) is 0 Å². The van der Waals surface area contributed by atoms with Gasteiger partial charge in [0.05, 0.1) is 0 Å². The topological polar surface area (TPSA) is 0 Å². The van der Waals surface area contributed by atoms with Crippen LogP contribution in [0.4, 0.5) is 0 Å². The third-order valence-corrected chi connectivity index (χ3v) is 2.23. The zero-order chi connectivity index (χ0) is 3.54. The number of hydrogen-bond acceptors (Lipinski definition) is 0. The van der Waals surface area contributed by atoms with Crippen molar-refractivity contribution in [3.8, 4) is 0 Å². The molecule has 24 valence electrons. The van der Waals surface area contributed by atoms with E-state index in [9.17, 15) is 0 Å². The van der Waals surface area contributed by atoms with Gasteiger partial charge in [-0.15, -0.1) is 0 Å². The average Bonchev–Trinajstić information content (AvgIpc) is 1.76. The van der Waals surface area contributed by atoms with Gasteiger partial charge in [0.15, 0.2) is 0 Å². The van der Waals surface area contributed by atoms with E-state index in [2.05, 4.69) is 17.6 Å². The molecule has 2 heteroatoms. The second-order valence-corrected chi connectivity index (χ2v) is 3.10. The van der Waals surface area contributed by atoms with Crippen molar-refractivity contribution in [3.05, 3.63) is 0 Å². The SMILES string of the molecule is B1=CC[As]=C1. The van der Waals surface area contributed by atoms with Gasteiger partial charge in [-0.05, 0) is 0 Å². The number of rotatable bonds is 0. The summed E-state index contributed by atoms with van der Waals surface area (Å²) in [5, 5.41) is 1.36. The Kier molecular flexibility index (Phi) is 1.22. The molecule has 0 spiro atoms. The molecule has 0 N–H and O–H groups in total. The molecule has 0 atom stereocenters.